The van der Waals surface area contributed by atoms with E-state index in [-0.39, 0.29) is 22.0 Å². The molecule has 0 bridgehead atoms. The third-order valence-corrected chi connectivity index (χ3v) is 3.94. The van der Waals surface area contributed by atoms with E-state index in [4.69, 9.17) is 17.3 Å². The highest BCUT2D eigenvalue weighted by Crippen LogP contribution is 2.42. The molecule has 0 saturated heterocycles. The Morgan fingerprint density at radius 3 is 2.25 bits per heavy atom. The average molecular weight is 352 g/mol. The van der Waals surface area contributed by atoms with Crippen LogP contribution in [0.1, 0.15) is 11.3 Å². The molecule has 2 aromatic carbocycles. The van der Waals surface area contributed by atoms with Crippen LogP contribution in [-0.2, 0) is 6.18 Å². The third kappa shape index (κ3) is 2.85. The van der Waals surface area contributed by atoms with Crippen molar-refractivity contribution in [2.75, 3.05) is 5.73 Å². The van der Waals surface area contributed by atoms with Gasteiger partial charge < -0.3 is 5.73 Å². The number of benzene rings is 2. The maximum Gasteiger partial charge on any atom is 0.435 e. The van der Waals surface area contributed by atoms with Crippen LogP contribution in [0.3, 0.4) is 0 Å². The summed E-state index contributed by atoms with van der Waals surface area (Å²) in [5, 5.41) is 3.89. The monoisotopic (exact) mass is 351 g/mol. The Bertz CT molecular complexity index is 883. The summed E-state index contributed by atoms with van der Waals surface area (Å²) in [5.74, 6) is -0.112. The first-order chi connectivity index (χ1) is 11.3. The van der Waals surface area contributed by atoms with E-state index in [9.17, 15) is 13.2 Å². The lowest BCUT2D eigenvalue weighted by atomic mass is 10.0. The van der Waals surface area contributed by atoms with Gasteiger partial charge in [-0.3, -0.25) is 0 Å². The molecule has 0 unspecified atom stereocenters. The van der Waals surface area contributed by atoms with Crippen LogP contribution in [-0.4, -0.2) is 9.78 Å². The zero-order valence-corrected chi connectivity index (χ0v) is 13.4. The van der Waals surface area contributed by atoms with Gasteiger partial charge in [-0.25, -0.2) is 4.68 Å². The predicted molar refractivity (Wildman–Crippen MR) is 88.2 cm³/mol. The molecule has 0 amide bonds. The number of nitrogens with zero attached hydrogens (tertiary/aromatic N) is 2. The van der Waals surface area contributed by atoms with Gasteiger partial charge in [0.1, 0.15) is 5.82 Å². The number of halogens is 4. The van der Waals surface area contributed by atoms with E-state index >= 15 is 0 Å². The standard InChI is InChI=1S/C17H13ClF3N3/c1-10-6-8-11(9-7-10)24-16(22)14(15(23-24)17(19,20)21)12-4-2-3-5-13(12)18/h2-9H,22H2,1H3. The van der Waals surface area contributed by atoms with Crippen LogP contribution < -0.4 is 5.73 Å². The fourth-order valence-electron chi connectivity index (χ4n) is 2.44. The molecule has 1 heterocycles. The second kappa shape index (κ2) is 5.87. The molecule has 24 heavy (non-hydrogen) atoms. The van der Waals surface area contributed by atoms with Crippen molar-refractivity contribution in [2.24, 2.45) is 0 Å². The molecule has 3 rings (SSSR count). The number of nitrogen functional groups attached to an aromatic ring is 1. The smallest absolute Gasteiger partial charge is 0.383 e. The first kappa shape index (κ1) is 16.4. The lowest BCUT2D eigenvalue weighted by Crippen LogP contribution is -2.08. The largest absolute Gasteiger partial charge is 0.435 e. The quantitative estimate of drug-likeness (QED) is 0.697. The molecule has 0 saturated carbocycles. The highest BCUT2D eigenvalue weighted by Gasteiger charge is 2.40. The van der Waals surface area contributed by atoms with Crippen LogP contribution in [0.15, 0.2) is 48.5 Å². The van der Waals surface area contributed by atoms with E-state index in [1.807, 2.05) is 6.92 Å². The molecule has 0 fully saturated rings. The van der Waals surface area contributed by atoms with Crippen molar-refractivity contribution in [3.63, 3.8) is 0 Å². The molecule has 1 aromatic heterocycles. The maximum absolute atomic E-state index is 13.5. The van der Waals surface area contributed by atoms with Crippen LogP contribution in [0.4, 0.5) is 19.0 Å². The van der Waals surface area contributed by atoms with Crippen molar-refractivity contribution in [3.05, 3.63) is 64.8 Å². The fourth-order valence-corrected chi connectivity index (χ4v) is 2.67. The number of alkyl halides is 3. The molecule has 0 radical (unpaired) electrons. The van der Waals surface area contributed by atoms with Crippen molar-refractivity contribution in [2.45, 2.75) is 13.1 Å². The number of aromatic nitrogens is 2. The Balaban J connectivity index is 2.28. The Kier molecular flexibility index (Phi) is 4.01. The molecule has 0 aliphatic rings. The SMILES string of the molecule is Cc1ccc(-n2nc(C(F)(F)F)c(-c3ccccc3Cl)c2N)cc1. The number of anilines is 1. The maximum atomic E-state index is 13.5. The first-order valence-corrected chi connectivity index (χ1v) is 7.44. The van der Waals surface area contributed by atoms with Crippen LogP contribution in [0.5, 0.6) is 0 Å². The number of aryl methyl sites for hydroxylation is 1. The summed E-state index contributed by atoms with van der Waals surface area (Å²) < 4.78 is 41.5. The molecule has 3 aromatic rings. The van der Waals surface area contributed by atoms with Crippen LogP contribution in [0, 0.1) is 6.92 Å². The second-order valence-electron chi connectivity index (χ2n) is 5.33. The number of rotatable bonds is 2. The zero-order chi connectivity index (χ0) is 17.5. The van der Waals surface area contributed by atoms with Gasteiger partial charge >= 0.3 is 6.18 Å². The fraction of sp³-hybridized carbons (Fsp3) is 0.118. The summed E-state index contributed by atoms with van der Waals surface area (Å²) in [6.07, 6.45) is -4.65. The van der Waals surface area contributed by atoms with E-state index in [2.05, 4.69) is 5.10 Å². The number of nitrogens with two attached hydrogens (primary N) is 1. The third-order valence-electron chi connectivity index (χ3n) is 3.61. The molecule has 0 aliphatic carbocycles. The summed E-state index contributed by atoms with van der Waals surface area (Å²) in [5.41, 5.74) is 6.36. The molecule has 0 spiro atoms. The summed E-state index contributed by atoms with van der Waals surface area (Å²) in [7, 11) is 0. The molecule has 124 valence electrons. The first-order valence-electron chi connectivity index (χ1n) is 7.06. The molecule has 0 atom stereocenters. The minimum absolute atomic E-state index is 0.112. The van der Waals surface area contributed by atoms with Gasteiger partial charge in [0.25, 0.3) is 0 Å². The average Bonchev–Trinajstić information content (AvgIpc) is 2.86. The van der Waals surface area contributed by atoms with E-state index in [1.54, 1.807) is 36.4 Å². The topological polar surface area (TPSA) is 43.8 Å². The Morgan fingerprint density at radius 2 is 1.67 bits per heavy atom. The summed E-state index contributed by atoms with van der Waals surface area (Å²) in [4.78, 5) is 0. The van der Waals surface area contributed by atoms with Gasteiger partial charge in [-0.1, -0.05) is 47.5 Å². The minimum Gasteiger partial charge on any atom is -0.383 e. The van der Waals surface area contributed by atoms with Gasteiger partial charge in [-0.15, -0.1) is 0 Å². The van der Waals surface area contributed by atoms with Crippen LogP contribution in [0.25, 0.3) is 16.8 Å². The summed E-state index contributed by atoms with van der Waals surface area (Å²) >= 11 is 6.07. The molecule has 7 heteroatoms. The van der Waals surface area contributed by atoms with E-state index in [1.165, 1.54) is 12.1 Å². The van der Waals surface area contributed by atoms with Gasteiger partial charge in [0.05, 0.1) is 11.3 Å². The number of hydrogen-bond acceptors (Lipinski definition) is 2. The van der Waals surface area contributed by atoms with Crippen molar-refractivity contribution in [1.82, 2.24) is 9.78 Å². The highest BCUT2D eigenvalue weighted by molar-refractivity contribution is 6.33. The summed E-state index contributed by atoms with van der Waals surface area (Å²) in [6.45, 7) is 1.88. The Hall–Kier alpha value is -2.47. The second-order valence-corrected chi connectivity index (χ2v) is 5.74. The predicted octanol–water partition coefficient (Wildman–Crippen LogP) is 5.10. The van der Waals surface area contributed by atoms with Crippen molar-refractivity contribution < 1.29 is 13.2 Å². The van der Waals surface area contributed by atoms with Crippen LogP contribution in [0.2, 0.25) is 5.02 Å². The van der Waals surface area contributed by atoms with Crippen molar-refractivity contribution >= 4 is 17.4 Å². The van der Waals surface area contributed by atoms with Crippen LogP contribution >= 0.6 is 11.6 Å². The normalized spacial score (nSPS) is 11.7. The number of hydrogen-bond donors (Lipinski definition) is 1. The van der Waals surface area contributed by atoms with Gasteiger partial charge in [-0.05, 0) is 25.1 Å². The van der Waals surface area contributed by atoms with E-state index < -0.39 is 11.9 Å². The Morgan fingerprint density at radius 1 is 1.04 bits per heavy atom. The summed E-state index contributed by atoms with van der Waals surface area (Å²) in [6, 6.07) is 13.1. The zero-order valence-electron chi connectivity index (χ0n) is 12.6. The van der Waals surface area contributed by atoms with Gasteiger partial charge in [0, 0.05) is 10.6 Å². The molecule has 3 nitrogen and oxygen atoms in total. The molecular formula is C17H13ClF3N3. The van der Waals surface area contributed by atoms with E-state index in [0.717, 1.165) is 10.2 Å². The van der Waals surface area contributed by atoms with Gasteiger partial charge in [0.2, 0.25) is 0 Å². The highest BCUT2D eigenvalue weighted by atomic mass is 35.5. The van der Waals surface area contributed by atoms with Crippen molar-refractivity contribution in [3.8, 4) is 16.8 Å². The Labute approximate surface area is 141 Å². The molecule has 2 N–H and O–H groups in total. The van der Waals surface area contributed by atoms with Crippen molar-refractivity contribution in [1.29, 1.82) is 0 Å². The molecule has 0 aliphatic heterocycles. The molecular weight excluding hydrogens is 339 g/mol. The van der Waals surface area contributed by atoms with Gasteiger partial charge in [0.15, 0.2) is 5.69 Å². The van der Waals surface area contributed by atoms with E-state index in [0.29, 0.717) is 5.69 Å². The minimum atomic E-state index is -4.65. The lowest BCUT2D eigenvalue weighted by Gasteiger charge is -2.08. The lowest BCUT2D eigenvalue weighted by molar-refractivity contribution is -0.140. The van der Waals surface area contributed by atoms with Gasteiger partial charge in [-0.2, -0.15) is 18.3 Å².